The third kappa shape index (κ3) is 4.24. The highest BCUT2D eigenvalue weighted by atomic mass is 32.1. The van der Waals surface area contributed by atoms with Crippen molar-refractivity contribution in [2.75, 3.05) is 24.4 Å². The van der Waals surface area contributed by atoms with Gasteiger partial charge in [0.2, 0.25) is 5.95 Å². The van der Waals surface area contributed by atoms with Gasteiger partial charge in [-0.1, -0.05) is 0 Å². The molecule has 3 aromatic heterocycles. The molecule has 0 aliphatic heterocycles. The molecule has 3 heterocycles. The van der Waals surface area contributed by atoms with Gasteiger partial charge in [-0.2, -0.15) is 16.3 Å². The predicted molar refractivity (Wildman–Crippen MR) is 95.6 cm³/mol. The van der Waals surface area contributed by atoms with Gasteiger partial charge in [-0.3, -0.25) is 0 Å². The number of thiophene rings is 1. The standard InChI is InChI=1S/C16H18N6OS/c1-11(8-23-2)20-14-7-12(3-5-17-14)15-18-10-19-16(22-15)21-13-4-6-24-9-13/h3-7,9-11H,8H2,1-2H3,(H,17,20)(H,18,19,21,22). The van der Waals surface area contributed by atoms with Crippen LogP contribution in [0.1, 0.15) is 6.92 Å². The molecule has 124 valence electrons. The topological polar surface area (TPSA) is 84.9 Å². The summed E-state index contributed by atoms with van der Waals surface area (Å²) in [7, 11) is 1.68. The Bertz CT molecular complexity index is 780. The minimum Gasteiger partial charge on any atom is -0.383 e. The SMILES string of the molecule is COCC(C)Nc1cc(-c2ncnc(Nc3ccsc3)n2)ccn1. The zero-order chi connectivity index (χ0) is 16.8. The molecule has 1 atom stereocenters. The van der Waals surface area contributed by atoms with Crippen LogP contribution in [0.5, 0.6) is 0 Å². The second kappa shape index (κ2) is 7.80. The minimum absolute atomic E-state index is 0.159. The van der Waals surface area contributed by atoms with Crippen LogP contribution >= 0.6 is 11.3 Å². The van der Waals surface area contributed by atoms with E-state index in [2.05, 4.69) is 30.6 Å². The highest BCUT2D eigenvalue weighted by molar-refractivity contribution is 7.08. The van der Waals surface area contributed by atoms with Crippen molar-refractivity contribution in [1.29, 1.82) is 0 Å². The third-order valence-electron chi connectivity index (χ3n) is 3.18. The van der Waals surface area contributed by atoms with Crippen molar-refractivity contribution >= 4 is 28.8 Å². The van der Waals surface area contributed by atoms with Crippen LogP contribution in [0, 0.1) is 0 Å². The van der Waals surface area contributed by atoms with Crippen molar-refractivity contribution in [3.05, 3.63) is 41.5 Å². The van der Waals surface area contributed by atoms with E-state index < -0.39 is 0 Å². The molecule has 0 aliphatic carbocycles. The summed E-state index contributed by atoms with van der Waals surface area (Å²) in [5, 5.41) is 10.4. The molecule has 7 nitrogen and oxygen atoms in total. The van der Waals surface area contributed by atoms with Crippen molar-refractivity contribution in [3.63, 3.8) is 0 Å². The molecule has 0 amide bonds. The Kier molecular flexibility index (Phi) is 5.29. The van der Waals surface area contributed by atoms with E-state index in [0.29, 0.717) is 18.4 Å². The summed E-state index contributed by atoms with van der Waals surface area (Å²) >= 11 is 1.61. The number of nitrogens with zero attached hydrogens (tertiary/aromatic N) is 4. The van der Waals surface area contributed by atoms with Gasteiger partial charge < -0.3 is 15.4 Å². The minimum atomic E-state index is 0.159. The van der Waals surface area contributed by atoms with Crippen LogP contribution in [0.3, 0.4) is 0 Å². The molecule has 8 heteroatoms. The number of aromatic nitrogens is 4. The number of hydrogen-bond acceptors (Lipinski definition) is 8. The monoisotopic (exact) mass is 342 g/mol. The molecule has 3 aromatic rings. The molecule has 0 spiro atoms. The maximum Gasteiger partial charge on any atom is 0.230 e. The lowest BCUT2D eigenvalue weighted by atomic mass is 10.2. The third-order valence-corrected chi connectivity index (χ3v) is 3.86. The summed E-state index contributed by atoms with van der Waals surface area (Å²) in [6.45, 7) is 2.63. The molecule has 2 N–H and O–H groups in total. The van der Waals surface area contributed by atoms with Gasteiger partial charge in [-0.25, -0.2) is 15.0 Å². The van der Waals surface area contributed by atoms with Crippen LogP contribution in [-0.4, -0.2) is 39.7 Å². The van der Waals surface area contributed by atoms with Crippen LogP contribution in [0.25, 0.3) is 11.4 Å². The quantitative estimate of drug-likeness (QED) is 0.682. The summed E-state index contributed by atoms with van der Waals surface area (Å²) in [5.74, 6) is 1.86. The molecular formula is C16H18N6OS. The number of anilines is 3. The molecular weight excluding hydrogens is 324 g/mol. The van der Waals surface area contributed by atoms with Crippen LogP contribution in [0.15, 0.2) is 41.5 Å². The molecule has 0 aromatic carbocycles. The zero-order valence-electron chi connectivity index (χ0n) is 13.4. The van der Waals surface area contributed by atoms with Gasteiger partial charge in [-0.05, 0) is 30.5 Å². The number of pyridine rings is 1. The number of nitrogens with one attached hydrogen (secondary N) is 2. The fourth-order valence-electron chi connectivity index (χ4n) is 2.15. The first-order valence-corrected chi connectivity index (χ1v) is 8.39. The number of methoxy groups -OCH3 is 1. The molecule has 24 heavy (non-hydrogen) atoms. The van der Waals surface area contributed by atoms with Gasteiger partial charge in [-0.15, -0.1) is 0 Å². The maximum atomic E-state index is 5.13. The lowest BCUT2D eigenvalue weighted by Gasteiger charge is -2.13. The van der Waals surface area contributed by atoms with Crippen molar-refractivity contribution in [2.45, 2.75) is 13.0 Å². The first-order chi connectivity index (χ1) is 11.7. The summed E-state index contributed by atoms with van der Waals surface area (Å²) in [6.07, 6.45) is 3.23. The van der Waals surface area contributed by atoms with Gasteiger partial charge in [0.1, 0.15) is 12.1 Å². The van der Waals surface area contributed by atoms with Crippen molar-refractivity contribution in [3.8, 4) is 11.4 Å². The summed E-state index contributed by atoms with van der Waals surface area (Å²) in [4.78, 5) is 17.2. The second-order valence-electron chi connectivity index (χ2n) is 5.20. The molecule has 0 fully saturated rings. The summed E-state index contributed by atoms with van der Waals surface area (Å²) in [6, 6.07) is 5.91. The normalized spacial score (nSPS) is 11.9. The van der Waals surface area contributed by atoms with Gasteiger partial charge in [0.25, 0.3) is 0 Å². The Morgan fingerprint density at radius 3 is 2.96 bits per heavy atom. The Morgan fingerprint density at radius 1 is 1.25 bits per heavy atom. The number of rotatable bonds is 7. The maximum absolute atomic E-state index is 5.13. The Labute approximate surface area is 144 Å². The molecule has 0 radical (unpaired) electrons. The molecule has 0 aliphatic rings. The van der Waals surface area contributed by atoms with Gasteiger partial charge in [0.15, 0.2) is 5.82 Å². The van der Waals surface area contributed by atoms with Crippen molar-refractivity contribution < 1.29 is 4.74 Å². The van der Waals surface area contributed by atoms with Gasteiger partial charge in [0, 0.05) is 30.3 Å². The van der Waals surface area contributed by atoms with Crippen molar-refractivity contribution in [2.24, 2.45) is 0 Å². The lowest BCUT2D eigenvalue weighted by Crippen LogP contribution is -2.21. The smallest absolute Gasteiger partial charge is 0.230 e. The van der Waals surface area contributed by atoms with E-state index >= 15 is 0 Å². The highest BCUT2D eigenvalue weighted by Crippen LogP contribution is 2.20. The molecule has 0 saturated heterocycles. The molecule has 1 unspecified atom stereocenters. The van der Waals surface area contributed by atoms with Crippen LogP contribution < -0.4 is 10.6 Å². The van der Waals surface area contributed by atoms with E-state index in [1.54, 1.807) is 24.6 Å². The Hall–Kier alpha value is -2.58. The van der Waals surface area contributed by atoms with E-state index in [1.807, 2.05) is 35.9 Å². The Morgan fingerprint density at radius 2 is 2.17 bits per heavy atom. The van der Waals surface area contributed by atoms with E-state index in [9.17, 15) is 0 Å². The van der Waals surface area contributed by atoms with Crippen LogP contribution in [0.4, 0.5) is 17.5 Å². The summed E-state index contributed by atoms with van der Waals surface area (Å²) < 4.78 is 5.13. The van der Waals surface area contributed by atoms with E-state index in [4.69, 9.17) is 4.74 Å². The first kappa shape index (κ1) is 16.3. The average molecular weight is 342 g/mol. The summed E-state index contributed by atoms with van der Waals surface area (Å²) in [5.41, 5.74) is 1.83. The van der Waals surface area contributed by atoms with Crippen LogP contribution in [-0.2, 0) is 4.74 Å². The second-order valence-corrected chi connectivity index (χ2v) is 5.98. The fraction of sp³-hybridized carbons (Fsp3) is 0.250. The van der Waals surface area contributed by atoms with Gasteiger partial charge in [0.05, 0.1) is 12.3 Å². The van der Waals surface area contributed by atoms with Crippen LogP contribution in [0.2, 0.25) is 0 Å². The van der Waals surface area contributed by atoms with E-state index in [1.165, 1.54) is 6.33 Å². The number of ether oxygens (including phenoxy) is 1. The zero-order valence-corrected chi connectivity index (χ0v) is 14.2. The number of hydrogen-bond donors (Lipinski definition) is 2. The van der Waals surface area contributed by atoms with Gasteiger partial charge >= 0.3 is 0 Å². The average Bonchev–Trinajstić information content (AvgIpc) is 3.08. The molecule has 0 bridgehead atoms. The highest BCUT2D eigenvalue weighted by Gasteiger charge is 2.08. The van der Waals surface area contributed by atoms with Crippen molar-refractivity contribution in [1.82, 2.24) is 19.9 Å². The molecule has 0 saturated carbocycles. The first-order valence-electron chi connectivity index (χ1n) is 7.45. The fourth-order valence-corrected chi connectivity index (χ4v) is 2.74. The van der Waals surface area contributed by atoms with E-state index in [0.717, 1.165) is 17.1 Å². The molecule has 3 rings (SSSR count). The predicted octanol–water partition coefficient (Wildman–Crippen LogP) is 3.19. The van der Waals surface area contributed by atoms with E-state index in [-0.39, 0.29) is 6.04 Å². The lowest BCUT2D eigenvalue weighted by molar-refractivity contribution is 0.190. The Balaban J connectivity index is 1.78. The largest absolute Gasteiger partial charge is 0.383 e.